The van der Waals surface area contributed by atoms with Crippen LogP contribution in [-0.2, 0) is 0 Å². The molecule has 0 aliphatic heterocycles. The van der Waals surface area contributed by atoms with Crippen molar-refractivity contribution >= 4 is 0 Å². The lowest BCUT2D eigenvalue weighted by molar-refractivity contribution is -0.0868. The molecule has 3 aliphatic carbocycles. The Morgan fingerprint density at radius 2 is 1.83 bits per heavy atom. The SMILES string of the molecule is C=C1CC[C@H](O)C(F)(F)/C1=C/C=C1CCC[C@@]2(C)C1CC[C@@H]2[C@H](C)CCCC(C)C. The van der Waals surface area contributed by atoms with Gasteiger partial charge in [0, 0.05) is 5.57 Å². The Hall–Kier alpha value is -0.960. The zero-order valence-electron chi connectivity index (χ0n) is 19.5. The van der Waals surface area contributed by atoms with Gasteiger partial charge in [0.1, 0.15) is 6.10 Å². The van der Waals surface area contributed by atoms with Crippen LogP contribution in [0.5, 0.6) is 0 Å². The molecule has 3 saturated carbocycles. The van der Waals surface area contributed by atoms with Gasteiger partial charge in [-0.05, 0) is 79.6 Å². The van der Waals surface area contributed by atoms with Gasteiger partial charge < -0.3 is 5.11 Å². The lowest BCUT2D eigenvalue weighted by Gasteiger charge is -2.44. The van der Waals surface area contributed by atoms with Gasteiger partial charge in [0.2, 0.25) is 0 Å². The predicted molar refractivity (Wildman–Crippen MR) is 122 cm³/mol. The number of aliphatic hydroxyl groups excluding tert-OH is 1. The van der Waals surface area contributed by atoms with Gasteiger partial charge in [-0.1, -0.05) is 71.3 Å². The molecule has 1 nitrogen and oxygen atoms in total. The van der Waals surface area contributed by atoms with Crippen LogP contribution in [0.4, 0.5) is 8.78 Å². The number of hydrogen-bond acceptors (Lipinski definition) is 1. The normalized spacial score (nSPS) is 37.7. The molecule has 0 aromatic heterocycles. The third-order valence-corrected chi connectivity index (χ3v) is 8.51. The molecule has 0 radical (unpaired) electrons. The highest BCUT2D eigenvalue weighted by Crippen LogP contribution is 2.60. The predicted octanol–water partition coefficient (Wildman–Crippen LogP) is 7.86. The first-order valence-electron chi connectivity index (χ1n) is 12.2. The molecule has 3 fully saturated rings. The maximum Gasteiger partial charge on any atom is 0.298 e. The van der Waals surface area contributed by atoms with Crippen LogP contribution in [0, 0.1) is 29.1 Å². The van der Waals surface area contributed by atoms with E-state index >= 15 is 0 Å². The number of rotatable bonds is 6. The number of hydrogen-bond donors (Lipinski definition) is 1. The molecule has 0 amide bonds. The van der Waals surface area contributed by atoms with Crippen molar-refractivity contribution in [1.29, 1.82) is 0 Å². The Morgan fingerprint density at radius 1 is 1.10 bits per heavy atom. The molecule has 3 rings (SSSR count). The van der Waals surface area contributed by atoms with Gasteiger partial charge in [0.15, 0.2) is 0 Å². The zero-order valence-corrected chi connectivity index (χ0v) is 19.5. The van der Waals surface area contributed by atoms with E-state index in [1.54, 1.807) is 6.08 Å². The second kappa shape index (κ2) is 9.27. The number of fused-ring (bicyclic) bond motifs is 1. The van der Waals surface area contributed by atoms with E-state index in [9.17, 15) is 13.9 Å². The highest BCUT2D eigenvalue weighted by atomic mass is 19.3. The van der Waals surface area contributed by atoms with E-state index in [0.29, 0.717) is 23.3 Å². The van der Waals surface area contributed by atoms with Crippen molar-refractivity contribution in [3.05, 3.63) is 35.5 Å². The summed E-state index contributed by atoms with van der Waals surface area (Å²) in [4.78, 5) is 0. The monoisotopic (exact) mass is 420 g/mol. The fourth-order valence-electron chi connectivity index (χ4n) is 6.72. The van der Waals surface area contributed by atoms with Gasteiger partial charge in [0.25, 0.3) is 5.92 Å². The molecule has 1 unspecified atom stereocenters. The van der Waals surface area contributed by atoms with Crippen molar-refractivity contribution in [2.75, 3.05) is 0 Å². The number of allylic oxidation sites excluding steroid dienone is 4. The number of aliphatic hydroxyl groups is 1. The van der Waals surface area contributed by atoms with E-state index in [-0.39, 0.29) is 12.0 Å². The van der Waals surface area contributed by atoms with E-state index in [2.05, 4.69) is 34.3 Å². The minimum Gasteiger partial charge on any atom is -0.386 e. The molecule has 3 aliphatic rings. The standard InChI is InChI=1S/C27H42F2O/c1-18(2)8-6-9-19(3)22-14-15-24-21(10-7-17-26(22,24)5)12-13-23-20(4)11-16-25(30)27(23,28)29/h12-13,18-19,22,24-25,30H,4,6-11,14-17H2,1-3,5H3/b21-12?,23-13+/t19-,22-,24?,25+,26-/m1/s1. The average molecular weight is 421 g/mol. The molecule has 1 N–H and O–H groups in total. The van der Waals surface area contributed by atoms with Gasteiger partial charge in [-0.25, -0.2) is 0 Å². The average Bonchev–Trinajstić information content (AvgIpc) is 3.02. The zero-order chi connectivity index (χ0) is 22.1. The highest BCUT2D eigenvalue weighted by molar-refractivity contribution is 5.41. The lowest BCUT2D eigenvalue weighted by Crippen LogP contribution is -2.39. The fraction of sp³-hybridized carbons (Fsp3) is 0.778. The summed E-state index contributed by atoms with van der Waals surface area (Å²) in [7, 11) is 0. The van der Waals surface area contributed by atoms with Crippen molar-refractivity contribution in [2.24, 2.45) is 29.1 Å². The summed E-state index contributed by atoms with van der Waals surface area (Å²) in [6, 6.07) is 0. The van der Waals surface area contributed by atoms with E-state index in [1.807, 2.05) is 6.08 Å². The quantitative estimate of drug-likeness (QED) is 0.463. The molecule has 30 heavy (non-hydrogen) atoms. The Bertz CT molecular complexity index is 689. The van der Waals surface area contributed by atoms with Crippen LogP contribution < -0.4 is 0 Å². The summed E-state index contributed by atoms with van der Waals surface area (Å²) in [6.45, 7) is 13.4. The first-order chi connectivity index (χ1) is 14.1. The number of halogens is 2. The molecule has 3 heteroatoms. The lowest BCUT2D eigenvalue weighted by atomic mass is 9.60. The number of alkyl halides is 2. The Morgan fingerprint density at radius 3 is 2.53 bits per heavy atom. The van der Waals surface area contributed by atoms with Crippen LogP contribution in [0.3, 0.4) is 0 Å². The third kappa shape index (κ3) is 4.61. The molecule has 0 aromatic rings. The Balaban J connectivity index is 1.77. The van der Waals surface area contributed by atoms with Crippen LogP contribution in [-0.4, -0.2) is 17.1 Å². The van der Waals surface area contributed by atoms with Gasteiger partial charge in [-0.2, -0.15) is 8.78 Å². The summed E-state index contributed by atoms with van der Waals surface area (Å²) in [5.41, 5.74) is 2.06. The molecule has 170 valence electrons. The molecule has 0 bridgehead atoms. The van der Waals surface area contributed by atoms with Crippen molar-refractivity contribution in [1.82, 2.24) is 0 Å². The van der Waals surface area contributed by atoms with Gasteiger partial charge in [-0.3, -0.25) is 0 Å². The maximum atomic E-state index is 14.5. The Labute approximate surface area is 182 Å². The largest absolute Gasteiger partial charge is 0.386 e. The summed E-state index contributed by atoms with van der Waals surface area (Å²) in [6.07, 6.45) is 12.3. The molecule has 0 heterocycles. The van der Waals surface area contributed by atoms with Crippen molar-refractivity contribution in [3.8, 4) is 0 Å². The van der Waals surface area contributed by atoms with Gasteiger partial charge in [0.05, 0.1) is 0 Å². The van der Waals surface area contributed by atoms with Crippen LogP contribution in [0.2, 0.25) is 0 Å². The van der Waals surface area contributed by atoms with Crippen molar-refractivity contribution in [3.63, 3.8) is 0 Å². The van der Waals surface area contributed by atoms with E-state index in [0.717, 1.165) is 30.6 Å². The van der Waals surface area contributed by atoms with Crippen molar-refractivity contribution in [2.45, 2.75) is 104 Å². The second-order valence-corrected chi connectivity index (χ2v) is 11.0. The third-order valence-electron chi connectivity index (χ3n) is 8.51. The smallest absolute Gasteiger partial charge is 0.298 e. The summed E-state index contributed by atoms with van der Waals surface area (Å²) < 4.78 is 29.1. The van der Waals surface area contributed by atoms with Crippen LogP contribution in [0.25, 0.3) is 0 Å². The molecular weight excluding hydrogens is 378 g/mol. The van der Waals surface area contributed by atoms with Crippen LogP contribution in [0.1, 0.15) is 91.9 Å². The van der Waals surface area contributed by atoms with E-state index in [1.165, 1.54) is 44.1 Å². The summed E-state index contributed by atoms with van der Waals surface area (Å²) >= 11 is 0. The summed E-state index contributed by atoms with van der Waals surface area (Å²) in [5, 5.41) is 9.80. The fourth-order valence-corrected chi connectivity index (χ4v) is 6.72. The van der Waals surface area contributed by atoms with Crippen LogP contribution >= 0.6 is 0 Å². The van der Waals surface area contributed by atoms with E-state index in [4.69, 9.17) is 0 Å². The highest BCUT2D eigenvalue weighted by Gasteiger charge is 2.50. The summed E-state index contributed by atoms with van der Waals surface area (Å²) in [5.74, 6) is -0.440. The molecule has 5 atom stereocenters. The van der Waals surface area contributed by atoms with Crippen molar-refractivity contribution < 1.29 is 13.9 Å². The topological polar surface area (TPSA) is 20.2 Å². The molecule has 0 saturated heterocycles. The van der Waals surface area contributed by atoms with Crippen LogP contribution in [0.15, 0.2) is 35.5 Å². The molecule has 0 aromatic carbocycles. The minimum atomic E-state index is -3.19. The second-order valence-electron chi connectivity index (χ2n) is 11.0. The van der Waals surface area contributed by atoms with E-state index < -0.39 is 12.0 Å². The molecular formula is C27H42F2O. The Kier molecular flexibility index (Phi) is 7.32. The van der Waals surface area contributed by atoms with Gasteiger partial charge >= 0.3 is 0 Å². The molecule has 0 spiro atoms. The first-order valence-corrected chi connectivity index (χ1v) is 12.2. The first kappa shape index (κ1) is 23.7. The van der Waals surface area contributed by atoms with Gasteiger partial charge in [-0.15, -0.1) is 0 Å². The minimum absolute atomic E-state index is 0.0578. The maximum absolute atomic E-state index is 14.5.